The van der Waals surface area contributed by atoms with Gasteiger partial charge in [0.05, 0.1) is 16.4 Å². The van der Waals surface area contributed by atoms with Gasteiger partial charge >= 0.3 is 0 Å². The van der Waals surface area contributed by atoms with E-state index in [1.807, 2.05) is 13.0 Å². The van der Waals surface area contributed by atoms with Gasteiger partial charge in [0.2, 0.25) is 0 Å². The Labute approximate surface area is 130 Å². The normalized spacial score (nSPS) is 19.9. The molecule has 0 radical (unpaired) electrons. The molecular weight excluding hydrogens is 287 g/mol. The van der Waals surface area contributed by atoms with Crippen LogP contribution in [0.15, 0.2) is 12.1 Å². The second kappa shape index (κ2) is 5.28. The molecule has 0 saturated heterocycles. The van der Waals surface area contributed by atoms with Crippen molar-refractivity contribution in [1.82, 2.24) is 9.55 Å². The number of alkyl halides is 1. The Morgan fingerprint density at radius 2 is 1.95 bits per heavy atom. The number of nitrogens with zero attached hydrogens (tertiary/aromatic N) is 2. The molecule has 114 valence electrons. The minimum Gasteiger partial charge on any atom is -0.321 e. The lowest BCUT2D eigenvalue weighted by atomic mass is 9.82. The van der Waals surface area contributed by atoms with Crippen molar-refractivity contribution < 1.29 is 4.39 Å². The number of fused-ring (bicyclic) bond motifs is 1. The molecule has 1 saturated carbocycles. The zero-order valence-corrected chi connectivity index (χ0v) is 13.7. The Hall–Kier alpha value is -1.09. The summed E-state index contributed by atoms with van der Waals surface area (Å²) in [5.74, 6) is 0.663. The van der Waals surface area contributed by atoms with Crippen LogP contribution in [-0.4, -0.2) is 9.55 Å². The molecule has 2 aromatic rings. The van der Waals surface area contributed by atoms with Crippen LogP contribution in [0, 0.1) is 12.7 Å². The van der Waals surface area contributed by atoms with Gasteiger partial charge in [-0.3, -0.25) is 0 Å². The number of rotatable bonds is 2. The molecule has 3 rings (SSSR count). The number of hydrogen-bond donors (Lipinski definition) is 0. The predicted octanol–water partition coefficient (Wildman–Crippen LogP) is 5.46. The molecule has 1 aromatic carbocycles. The third kappa shape index (κ3) is 2.46. The van der Waals surface area contributed by atoms with E-state index in [0.29, 0.717) is 11.1 Å². The van der Waals surface area contributed by atoms with Crippen molar-refractivity contribution >= 4 is 22.6 Å². The highest BCUT2D eigenvalue weighted by Crippen LogP contribution is 2.40. The maximum atomic E-state index is 13.8. The lowest BCUT2D eigenvalue weighted by Gasteiger charge is -2.37. The minimum absolute atomic E-state index is 0.0375. The summed E-state index contributed by atoms with van der Waals surface area (Å²) < 4.78 is 16.1. The Kier molecular flexibility index (Phi) is 3.73. The molecule has 0 bridgehead atoms. The van der Waals surface area contributed by atoms with Crippen molar-refractivity contribution in [3.63, 3.8) is 0 Å². The monoisotopic (exact) mass is 308 g/mol. The van der Waals surface area contributed by atoms with Crippen LogP contribution in [0.2, 0.25) is 0 Å². The van der Waals surface area contributed by atoms with Crippen LogP contribution in [0.4, 0.5) is 4.39 Å². The first-order valence-corrected chi connectivity index (χ1v) is 8.19. The van der Waals surface area contributed by atoms with Crippen LogP contribution in [-0.2, 0) is 5.54 Å². The Balaban J connectivity index is 2.27. The number of aromatic nitrogens is 2. The van der Waals surface area contributed by atoms with Gasteiger partial charge in [0, 0.05) is 11.6 Å². The third-order valence-electron chi connectivity index (χ3n) is 4.79. The standard InChI is InChI=1S/C17H22ClFN2/c1-11-9-15-14(10-13(11)19)20-16(12(2)18)21(15)17(3)7-5-4-6-8-17/h9-10,12H,4-8H2,1-3H3. The van der Waals surface area contributed by atoms with Crippen molar-refractivity contribution in [3.8, 4) is 0 Å². The smallest absolute Gasteiger partial charge is 0.128 e. The number of halogens is 2. The van der Waals surface area contributed by atoms with Gasteiger partial charge in [-0.05, 0) is 45.2 Å². The van der Waals surface area contributed by atoms with E-state index in [-0.39, 0.29) is 16.7 Å². The Bertz CT molecular complexity index is 669. The van der Waals surface area contributed by atoms with Crippen LogP contribution in [0.5, 0.6) is 0 Å². The molecule has 1 unspecified atom stereocenters. The molecule has 1 fully saturated rings. The van der Waals surface area contributed by atoms with E-state index in [4.69, 9.17) is 11.6 Å². The number of benzene rings is 1. The van der Waals surface area contributed by atoms with E-state index in [1.54, 1.807) is 6.92 Å². The van der Waals surface area contributed by atoms with Crippen molar-refractivity contribution in [2.24, 2.45) is 0 Å². The summed E-state index contributed by atoms with van der Waals surface area (Å²) in [6.45, 7) is 6.03. The molecular formula is C17H22ClFN2. The van der Waals surface area contributed by atoms with Crippen molar-refractivity contribution in [1.29, 1.82) is 0 Å². The number of imidazole rings is 1. The highest BCUT2D eigenvalue weighted by Gasteiger charge is 2.33. The first-order chi connectivity index (χ1) is 9.92. The maximum Gasteiger partial charge on any atom is 0.128 e. The van der Waals surface area contributed by atoms with Crippen molar-refractivity contribution in [2.75, 3.05) is 0 Å². The van der Waals surface area contributed by atoms with Crippen LogP contribution < -0.4 is 0 Å². The molecule has 0 aliphatic heterocycles. The molecule has 1 atom stereocenters. The molecule has 21 heavy (non-hydrogen) atoms. The van der Waals surface area contributed by atoms with Gasteiger partial charge in [0.25, 0.3) is 0 Å². The second-order valence-electron chi connectivity index (χ2n) is 6.57. The van der Waals surface area contributed by atoms with E-state index >= 15 is 0 Å². The summed E-state index contributed by atoms with van der Waals surface area (Å²) >= 11 is 6.36. The van der Waals surface area contributed by atoms with Gasteiger partial charge in [0.1, 0.15) is 11.6 Å². The Morgan fingerprint density at radius 3 is 2.57 bits per heavy atom. The van der Waals surface area contributed by atoms with Gasteiger partial charge in [-0.25, -0.2) is 9.37 Å². The summed E-state index contributed by atoms with van der Waals surface area (Å²) in [5.41, 5.74) is 2.43. The zero-order valence-electron chi connectivity index (χ0n) is 12.9. The summed E-state index contributed by atoms with van der Waals surface area (Å²) in [6.07, 6.45) is 6.01. The van der Waals surface area contributed by atoms with Crippen molar-refractivity contribution in [2.45, 2.75) is 63.8 Å². The van der Waals surface area contributed by atoms with Gasteiger partial charge in [-0.2, -0.15) is 0 Å². The van der Waals surface area contributed by atoms with E-state index in [1.165, 1.54) is 25.3 Å². The molecule has 2 nitrogen and oxygen atoms in total. The average Bonchev–Trinajstić information content (AvgIpc) is 2.79. The largest absolute Gasteiger partial charge is 0.321 e. The molecule has 0 spiro atoms. The van der Waals surface area contributed by atoms with Crippen LogP contribution >= 0.6 is 11.6 Å². The van der Waals surface area contributed by atoms with E-state index in [2.05, 4.69) is 16.5 Å². The minimum atomic E-state index is -0.199. The summed E-state index contributed by atoms with van der Waals surface area (Å²) in [5, 5.41) is -0.181. The predicted molar refractivity (Wildman–Crippen MR) is 85.4 cm³/mol. The Morgan fingerprint density at radius 1 is 1.29 bits per heavy atom. The van der Waals surface area contributed by atoms with Gasteiger partial charge < -0.3 is 4.57 Å². The van der Waals surface area contributed by atoms with Gasteiger partial charge in [-0.1, -0.05) is 19.3 Å². The van der Waals surface area contributed by atoms with Crippen LogP contribution in [0.1, 0.15) is 62.7 Å². The fourth-order valence-electron chi connectivity index (χ4n) is 3.59. The summed E-state index contributed by atoms with van der Waals surface area (Å²) in [6, 6.07) is 3.45. The first kappa shape index (κ1) is 14.8. The van der Waals surface area contributed by atoms with Gasteiger partial charge in [-0.15, -0.1) is 11.6 Å². The highest BCUT2D eigenvalue weighted by atomic mass is 35.5. The molecule has 1 aromatic heterocycles. The average molecular weight is 309 g/mol. The fourth-order valence-corrected chi connectivity index (χ4v) is 3.74. The first-order valence-electron chi connectivity index (χ1n) is 7.75. The zero-order chi connectivity index (χ0) is 15.2. The molecule has 4 heteroatoms. The molecule has 1 heterocycles. The topological polar surface area (TPSA) is 17.8 Å². The second-order valence-corrected chi connectivity index (χ2v) is 7.22. The number of hydrogen-bond acceptors (Lipinski definition) is 1. The molecule has 0 amide bonds. The van der Waals surface area contributed by atoms with Crippen LogP contribution in [0.25, 0.3) is 11.0 Å². The van der Waals surface area contributed by atoms with Crippen molar-refractivity contribution in [3.05, 3.63) is 29.3 Å². The fraction of sp³-hybridized carbons (Fsp3) is 0.588. The SMILES string of the molecule is Cc1cc2c(cc1F)nc(C(C)Cl)n2C1(C)CCCCC1. The van der Waals surface area contributed by atoms with Crippen LogP contribution in [0.3, 0.4) is 0 Å². The summed E-state index contributed by atoms with van der Waals surface area (Å²) in [4.78, 5) is 4.63. The van der Waals surface area contributed by atoms with Gasteiger partial charge in [0.15, 0.2) is 0 Å². The maximum absolute atomic E-state index is 13.8. The molecule has 0 N–H and O–H groups in total. The lowest BCUT2D eigenvalue weighted by molar-refractivity contribution is 0.219. The quantitative estimate of drug-likeness (QED) is 0.673. The lowest BCUT2D eigenvalue weighted by Crippen LogP contribution is -2.34. The van der Waals surface area contributed by atoms with E-state index in [9.17, 15) is 4.39 Å². The summed E-state index contributed by atoms with van der Waals surface area (Å²) in [7, 11) is 0. The van der Waals surface area contributed by atoms with E-state index in [0.717, 1.165) is 24.2 Å². The number of aryl methyl sites for hydroxylation is 1. The molecule has 1 aliphatic rings. The highest BCUT2D eigenvalue weighted by molar-refractivity contribution is 6.20. The molecule has 1 aliphatic carbocycles. The van der Waals surface area contributed by atoms with E-state index < -0.39 is 0 Å². The third-order valence-corrected chi connectivity index (χ3v) is 4.98.